The largest absolute Gasteiger partial charge is 0.490 e. The Morgan fingerprint density at radius 2 is 2.28 bits per heavy atom. The minimum absolute atomic E-state index is 0.0604. The Balaban J connectivity index is 1.97. The van der Waals surface area contributed by atoms with E-state index < -0.39 is 5.97 Å². The number of benzene rings is 1. The van der Waals surface area contributed by atoms with E-state index in [0.29, 0.717) is 0 Å². The lowest BCUT2D eigenvalue weighted by Crippen LogP contribution is -2.48. The Hall–Kier alpha value is -1.55. The highest BCUT2D eigenvalue weighted by Crippen LogP contribution is 2.43. The van der Waals surface area contributed by atoms with Gasteiger partial charge in [-0.1, -0.05) is 18.2 Å². The van der Waals surface area contributed by atoms with Crippen molar-refractivity contribution in [2.75, 3.05) is 13.1 Å². The summed E-state index contributed by atoms with van der Waals surface area (Å²) in [6.07, 6.45) is 1.30. The fourth-order valence-corrected chi connectivity index (χ4v) is 3.14. The number of aliphatic carboxylic acids is 1. The number of piperidine rings is 1. The van der Waals surface area contributed by atoms with Crippen LogP contribution < -0.4 is 10.1 Å². The van der Waals surface area contributed by atoms with Gasteiger partial charge in [-0.05, 0) is 24.6 Å². The van der Waals surface area contributed by atoms with E-state index in [2.05, 4.69) is 5.32 Å². The van der Waals surface area contributed by atoms with Crippen LogP contribution in [-0.4, -0.2) is 30.3 Å². The van der Waals surface area contributed by atoms with Gasteiger partial charge in [0.2, 0.25) is 0 Å². The van der Waals surface area contributed by atoms with Crippen LogP contribution in [0.15, 0.2) is 24.3 Å². The number of fused-ring (bicyclic) bond motifs is 2. The zero-order valence-corrected chi connectivity index (χ0v) is 10.1. The van der Waals surface area contributed by atoms with Crippen LogP contribution in [0.4, 0.5) is 0 Å². The van der Waals surface area contributed by atoms with Gasteiger partial charge in [-0.15, -0.1) is 0 Å². The maximum absolute atomic E-state index is 11.1. The molecule has 0 amide bonds. The molecule has 0 bridgehead atoms. The molecule has 2 aliphatic heterocycles. The lowest BCUT2D eigenvalue weighted by Gasteiger charge is -2.42. The molecule has 1 aromatic rings. The second-order valence-corrected chi connectivity index (χ2v) is 5.06. The Morgan fingerprint density at radius 1 is 1.44 bits per heavy atom. The summed E-state index contributed by atoms with van der Waals surface area (Å²) in [4.78, 5) is 11.1. The second kappa shape index (κ2) is 4.61. The molecule has 0 saturated carbocycles. The van der Waals surface area contributed by atoms with Crippen LogP contribution in [0.25, 0.3) is 0 Å². The first-order valence-corrected chi connectivity index (χ1v) is 6.44. The molecule has 4 nitrogen and oxygen atoms in total. The molecule has 0 spiro atoms. The Bertz CT molecular complexity index is 460. The monoisotopic (exact) mass is 247 g/mol. The summed E-state index contributed by atoms with van der Waals surface area (Å²) in [6, 6.07) is 7.84. The molecule has 3 unspecified atom stereocenters. The van der Waals surface area contributed by atoms with Gasteiger partial charge in [-0.2, -0.15) is 0 Å². The van der Waals surface area contributed by atoms with Gasteiger partial charge in [0.1, 0.15) is 11.9 Å². The maximum atomic E-state index is 11.1. The summed E-state index contributed by atoms with van der Waals surface area (Å²) < 4.78 is 6.01. The predicted molar refractivity (Wildman–Crippen MR) is 66.8 cm³/mol. The molecule has 1 aromatic carbocycles. The zero-order valence-electron chi connectivity index (χ0n) is 10.1. The molecule has 3 rings (SSSR count). The van der Waals surface area contributed by atoms with Crippen molar-refractivity contribution in [3.8, 4) is 5.75 Å². The molecule has 96 valence electrons. The average molecular weight is 247 g/mol. The summed E-state index contributed by atoms with van der Waals surface area (Å²) in [5.41, 5.74) is 1.05. The summed E-state index contributed by atoms with van der Waals surface area (Å²) >= 11 is 0. The molecular formula is C14H17NO3. The van der Waals surface area contributed by atoms with Gasteiger partial charge in [0, 0.05) is 18.4 Å². The maximum Gasteiger partial charge on any atom is 0.303 e. The molecule has 2 heterocycles. The normalized spacial score (nSPS) is 29.9. The lowest BCUT2D eigenvalue weighted by molar-refractivity contribution is -0.138. The van der Waals surface area contributed by atoms with Gasteiger partial charge in [0.05, 0.1) is 6.42 Å². The first-order valence-electron chi connectivity index (χ1n) is 6.44. The second-order valence-electron chi connectivity index (χ2n) is 5.06. The third-order valence-corrected chi connectivity index (χ3v) is 3.97. The minimum atomic E-state index is -0.735. The molecule has 1 fully saturated rings. The number of rotatable bonds is 2. The third-order valence-electron chi connectivity index (χ3n) is 3.97. The van der Waals surface area contributed by atoms with E-state index in [4.69, 9.17) is 9.84 Å². The zero-order chi connectivity index (χ0) is 12.5. The van der Waals surface area contributed by atoms with Crippen molar-refractivity contribution < 1.29 is 14.6 Å². The molecule has 18 heavy (non-hydrogen) atoms. The molecular weight excluding hydrogens is 230 g/mol. The van der Waals surface area contributed by atoms with Crippen molar-refractivity contribution in [3.63, 3.8) is 0 Å². The number of hydrogen-bond donors (Lipinski definition) is 2. The number of ether oxygens (including phenoxy) is 1. The van der Waals surface area contributed by atoms with Gasteiger partial charge >= 0.3 is 5.97 Å². The standard InChI is InChI=1S/C14H17NO3/c16-14(17)7-10-9-3-1-2-4-12(9)18-13-5-6-15-8-11(10)13/h1-4,10-11,13,15H,5-8H2,(H,16,17). The SMILES string of the molecule is O=C(O)CC1c2ccccc2OC2CCNCC21. The molecule has 4 heteroatoms. The molecule has 0 aromatic heterocycles. The van der Waals surface area contributed by atoms with Crippen LogP contribution in [0, 0.1) is 5.92 Å². The van der Waals surface area contributed by atoms with E-state index in [1.165, 1.54) is 0 Å². The van der Waals surface area contributed by atoms with Crippen molar-refractivity contribution in [2.45, 2.75) is 24.9 Å². The first kappa shape index (κ1) is 11.5. The fraction of sp³-hybridized carbons (Fsp3) is 0.500. The average Bonchev–Trinajstić information content (AvgIpc) is 2.38. The van der Waals surface area contributed by atoms with Crippen molar-refractivity contribution in [3.05, 3.63) is 29.8 Å². The summed E-state index contributed by atoms with van der Waals surface area (Å²) in [7, 11) is 0. The number of para-hydroxylation sites is 1. The molecule has 2 N–H and O–H groups in total. The first-order chi connectivity index (χ1) is 8.75. The van der Waals surface area contributed by atoms with Crippen molar-refractivity contribution >= 4 is 5.97 Å². The van der Waals surface area contributed by atoms with Gasteiger partial charge in [0.25, 0.3) is 0 Å². The minimum Gasteiger partial charge on any atom is -0.490 e. The Morgan fingerprint density at radius 3 is 3.11 bits per heavy atom. The fourth-order valence-electron chi connectivity index (χ4n) is 3.14. The van der Waals surface area contributed by atoms with Crippen molar-refractivity contribution in [2.24, 2.45) is 5.92 Å². The van der Waals surface area contributed by atoms with Gasteiger partial charge in [-0.25, -0.2) is 0 Å². The number of carboxylic acids is 1. The Kier molecular flexibility index (Phi) is 2.96. The van der Waals surface area contributed by atoms with Crippen LogP contribution in [0.5, 0.6) is 5.75 Å². The summed E-state index contributed by atoms with van der Waals surface area (Å²) in [5, 5.41) is 12.5. The van der Waals surface area contributed by atoms with Crippen LogP contribution in [0.3, 0.4) is 0 Å². The van der Waals surface area contributed by atoms with Crippen LogP contribution in [-0.2, 0) is 4.79 Å². The van der Waals surface area contributed by atoms with Crippen LogP contribution in [0.2, 0.25) is 0 Å². The molecule has 3 atom stereocenters. The Labute approximate surface area is 106 Å². The molecule has 0 radical (unpaired) electrons. The third kappa shape index (κ3) is 1.97. The predicted octanol–water partition coefficient (Wildman–Crippen LogP) is 1.62. The van der Waals surface area contributed by atoms with Gasteiger partial charge in [-0.3, -0.25) is 4.79 Å². The van der Waals surface area contributed by atoms with E-state index in [1.807, 2.05) is 24.3 Å². The summed E-state index contributed by atoms with van der Waals surface area (Å²) in [5.74, 6) is 0.461. The quantitative estimate of drug-likeness (QED) is 0.833. The van der Waals surface area contributed by atoms with Gasteiger partial charge in [0.15, 0.2) is 0 Å². The summed E-state index contributed by atoms with van der Waals surface area (Å²) in [6.45, 7) is 1.79. The van der Waals surface area contributed by atoms with E-state index >= 15 is 0 Å². The van der Waals surface area contributed by atoms with Crippen molar-refractivity contribution in [1.29, 1.82) is 0 Å². The number of nitrogens with one attached hydrogen (secondary N) is 1. The van der Waals surface area contributed by atoms with E-state index in [9.17, 15) is 4.79 Å². The number of hydrogen-bond acceptors (Lipinski definition) is 3. The van der Waals surface area contributed by atoms with Gasteiger partial charge < -0.3 is 15.2 Å². The van der Waals surface area contributed by atoms with Crippen LogP contribution >= 0.6 is 0 Å². The van der Waals surface area contributed by atoms with E-state index in [1.54, 1.807) is 0 Å². The topological polar surface area (TPSA) is 58.6 Å². The molecule has 2 aliphatic rings. The highest BCUT2D eigenvalue weighted by Gasteiger charge is 2.40. The highest BCUT2D eigenvalue weighted by atomic mass is 16.5. The van der Waals surface area contributed by atoms with Crippen molar-refractivity contribution in [1.82, 2.24) is 5.32 Å². The molecule has 1 saturated heterocycles. The lowest BCUT2D eigenvalue weighted by atomic mass is 9.76. The smallest absolute Gasteiger partial charge is 0.303 e. The highest BCUT2D eigenvalue weighted by molar-refractivity contribution is 5.68. The number of carbonyl (C=O) groups is 1. The van der Waals surface area contributed by atoms with E-state index in [0.717, 1.165) is 30.8 Å². The number of carboxylic acid groups (broad SMARTS) is 1. The van der Waals surface area contributed by atoms with Crippen LogP contribution in [0.1, 0.15) is 24.3 Å². The molecule has 0 aliphatic carbocycles. The van der Waals surface area contributed by atoms with E-state index in [-0.39, 0.29) is 24.4 Å².